The van der Waals surface area contributed by atoms with Gasteiger partial charge in [-0.2, -0.15) is 0 Å². The average Bonchev–Trinajstić information content (AvgIpc) is 2.77. The van der Waals surface area contributed by atoms with Crippen molar-refractivity contribution in [2.24, 2.45) is 5.92 Å². The lowest BCUT2D eigenvalue weighted by Crippen LogP contribution is -2.48. The van der Waals surface area contributed by atoms with Gasteiger partial charge in [-0.05, 0) is 50.1 Å². The third-order valence-corrected chi connectivity index (χ3v) is 6.75. The van der Waals surface area contributed by atoms with Crippen molar-refractivity contribution in [2.75, 3.05) is 52.1 Å². The zero-order chi connectivity index (χ0) is 19.9. The molecule has 6 nitrogen and oxygen atoms in total. The first-order valence-electron chi connectivity index (χ1n) is 10.4. The number of piperazine rings is 1. The number of thioether (sulfide) groups is 1. The van der Waals surface area contributed by atoms with Crippen LogP contribution in [0.5, 0.6) is 0 Å². The van der Waals surface area contributed by atoms with Gasteiger partial charge in [0.15, 0.2) is 0 Å². The largest absolute Gasteiger partial charge is 0.340 e. The zero-order valence-electron chi connectivity index (χ0n) is 17.1. The number of carbonyl (C=O) groups excluding carboxylic acids is 2. The van der Waals surface area contributed by atoms with Crippen molar-refractivity contribution in [3.05, 3.63) is 23.9 Å². The number of piperidine rings is 1. The Morgan fingerprint density at radius 3 is 2.46 bits per heavy atom. The second kappa shape index (κ2) is 10.3. The van der Waals surface area contributed by atoms with Gasteiger partial charge in [-0.25, -0.2) is 4.98 Å². The lowest BCUT2D eigenvalue weighted by Gasteiger charge is -2.35. The van der Waals surface area contributed by atoms with Gasteiger partial charge in [0, 0.05) is 51.9 Å². The second-order valence-corrected chi connectivity index (χ2v) is 8.44. The standard InChI is InChI=1S/C21H32N4O2S/c1-3-23-13-15-24(16-14-23)19(26)7-6-17-8-11-25(12-9-17)21(27)18-5-4-10-22-20(18)28-2/h4-5,10,17H,3,6-9,11-16H2,1-2H3. The summed E-state index contributed by atoms with van der Waals surface area (Å²) in [4.78, 5) is 36.0. The maximum absolute atomic E-state index is 12.8. The van der Waals surface area contributed by atoms with Gasteiger partial charge in [0.05, 0.1) is 5.56 Å². The summed E-state index contributed by atoms with van der Waals surface area (Å²) in [6, 6.07) is 3.69. The van der Waals surface area contributed by atoms with Crippen LogP contribution in [-0.2, 0) is 4.79 Å². The van der Waals surface area contributed by atoms with E-state index in [-0.39, 0.29) is 5.91 Å². The fraction of sp³-hybridized carbons (Fsp3) is 0.667. The topological polar surface area (TPSA) is 56.8 Å². The van der Waals surface area contributed by atoms with Crippen molar-refractivity contribution in [1.82, 2.24) is 19.7 Å². The van der Waals surface area contributed by atoms with E-state index in [2.05, 4.69) is 16.8 Å². The highest BCUT2D eigenvalue weighted by Crippen LogP contribution is 2.25. The molecule has 0 radical (unpaired) electrons. The number of nitrogens with zero attached hydrogens (tertiary/aromatic N) is 4. The smallest absolute Gasteiger partial charge is 0.256 e. The predicted molar refractivity (Wildman–Crippen MR) is 113 cm³/mol. The van der Waals surface area contributed by atoms with Crippen molar-refractivity contribution < 1.29 is 9.59 Å². The molecule has 3 heterocycles. The Kier molecular flexibility index (Phi) is 7.73. The van der Waals surface area contributed by atoms with Crippen LogP contribution in [0, 0.1) is 5.92 Å². The minimum Gasteiger partial charge on any atom is -0.340 e. The van der Waals surface area contributed by atoms with Crippen LogP contribution in [0.3, 0.4) is 0 Å². The minimum absolute atomic E-state index is 0.0840. The Bertz CT molecular complexity index is 668. The number of likely N-dealkylation sites (N-methyl/N-ethyl adjacent to an activating group) is 1. The molecule has 3 rings (SSSR count). The Balaban J connectivity index is 1.42. The fourth-order valence-corrected chi connectivity index (χ4v) is 4.65. The number of hydrogen-bond donors (Lipinski definition) is 0. The van der Waals surface area contributed by atoms with Gasteiger partial charge in [-0.1, -0.05) is 6.92 Å². The quantitative estimate of drug-likeness (QED) is 0.682. The average molecular weight is 405 g/mol. The van der Waals surface area contributed by atoms with Crippen LogP contribution in [0.25, 0.3) is 0 Å². The van der Waals surface area contributed by atoms with E-state index in [0.717, 1.165) is 70.1 Å². The summed E-state index contributed by atoms with van der Waals surface area (Å²) in [6.45, 7) is 8.50. The van der Waals surface area contributed by atoms with Crippen LogP contribution in [0.15, 0.2) is 23.4 Å². The fourth-order valence-electron chi connectivity index (χ4n) is 4.11. The number of carbonyl (C=O) groups is 2. The van der Waals surface area contributed by atoms with Gasteiger partial charge in [0.1, 0.15) is 5.03 Å². The molecule has 0 N–H and O–H groups in total. The molecule has 2 aliphatic rings. The van der Waals surface area contributed by atoms with E-state index >= 15 is 0 Å². The van der Waals surface area contributed by atoms with Crippen molar-refractivity contribution in [1.29, 1.82) is 0 Å². The molecule has 2 saturated heterocycles. The number of aromatic nitrogens is 1. The third kappa shape index (κ3) is 5.26. The first kappa shape index (κ1) is 21.1. The van der Waals surface area contributed by atoms with Crippen LogP contribution < -0.4 is 0 Å². The van der Waals surface area contributed by atoms with Crippen molar-refractivity contribution in [2.45, 2.75) is 37.6 Å². The molecule has 0 bridgehead atoms. The van der Waals surface area contributed by atoms with Crippen LogP contribution in [0.2, 0.25) is 0 Å². The first-order chi connectivity index (χ1) is 13.6. The van der Waals surface area contributed by atoms with E-state index in [1.54, 1.807) is 6.20 Å². The van der Waals surface area contributed by atoms with Gasteiger partial charge in [-0.15, -0.1) is 11.8 Å². The molecule has 2 fully saturated rings. The molecule has 1 aromatic rings. The van der Waals surface area contributed by atoms with E-state index in [0.29, 0.717) is 23.8 Å². The molecule has 0 atom stereocenters. The Hall–Kier alpha value is -1.60. The summed E-state index contributed by atoms with van der Waals surface area (Å²) in [5.74, 6) is 0.925. The van der Waals surface area contributed by atoms with Gasteiger partial charge in [0.25, 0.3) is 5.91 Å². The highest BCUT2D eigenvalue weighted by Gasteiger charge is 2.26. The summed E-state index contributed by atoms with van der Waals surface area (Å²) in [7, 11) is 0. The van der Waals surface area contributed by atoms with Crippen molar-refractivity contribution in [3.8, 4) is 0 Å². The SMILES string of the molecule is CCN1CCN(C(=O)CCC2CCN(C(=O)c3cccnc3SC)CC2)CC1. The number of pyridine rings is 1. The molecular weight excluding hydrogens is 372 g/mol. The summed E-state index contributed by atoms with van der Waals surface area (Å²) in [5.41, 5.74) is 0.704. The highest BCUT2D eigenvalue weighted by atomic mass is 32.2. The molecule has 28 heavy (non-hydrogen) atoms. The molecule has 0 aliphatic carbocycles. The van der Waals surface area contributed by atoms with Crippen molar-refractivity contribution >= 4 is 23.6 Å². The molecule has 154 valence electrons. The summed E-state index contributed by atoms with van der Waals surface area (Å²) < 4.78 is 0. The molecule has 0 spiro atoms. The highest BCUT2D eigenvalue weighted by molar-refractivity contribution is 7.98. The third-order valence-electron chi connectivity index (χ3n) is 6.04. The molecular formula is C21H32N4O2S. The van der Waals surface area contributed by atoms with Gasteiger partial charge in [0.2, 0.25) is 5.91 Å². The first-order valence-corrected chi connectivity index (χ1v) is 11.6. The minimum atomic E-state index is 0.0840. The lowest BCUT2D eigenvalue weighted by atomic mass is 9.91. The normalized spacial score (nSPS) is 19.1. The maximum Gasteiger partial charge on any atom is 0.256 e. The molecule has 0 saturated carbocycles. The van der Waals surface area contributed by atoms with E-state index in [1.165, 1.54) is 11.8 Å². The molecule has 7 heteroatoms. The van der Waals surface area contributed by atoms with Crippen LogP contribution in [0.1, 0.15) is 43.0 Å². The van der Waals surface area contributed by atoms with Crippen LogP contribution in [0.4, 0.5) is 0 Å². The number of likely N-dealkylation sites (tertiary alicyclic amines) is 1. The van der Waals surface area contributed by atoms with Gasteiger partial charge in [-0.3, -0.25) is 9.59 Å². The van der Waals surface area contributed by atoms with E-state index in [4.69, 9.17) is 0 Å². The number of amides is 2. The van der Waals surface area contributed by atoms with E-state index in [1.807, 2.05) is 28.2 Å². The number of hydrogen-bond acceptors (Lipinski definition) is 5. The molecule has 2 aliphatic heterocycles. The maximum atomic E-state index is 12.8. The molecule has 2 amide bonds. The summed E-state index contributed by atoms with van der Waals surface area (Å²) in [5, 5.41) is 0.795. The van der Waals surface area contributed by atoms with E-state index < -0.39 is 0 Å². The zero-order valence-corrected chi connectivity index (χ0v) is 17.9. The summed E-state index contributed by atoms with van der Waals surface area (Å²) in [6.07, 6.45) is 7.23. The summed E-state index contributed by atoms with van der Waals surface area (Å²) >= 11 is 1.51. The monoisotopic (exact) mass is 404 g/mol. The predicted octanol–water partition coefficient (Wildman–Crippen LogP) is 2.60. The molecule has 0 unspecified atom stereocenters. The van der Waals surface area contributed by atoms with E-state index in [9.17, 15) is 9.59 Å². The number of rotatable bonds is 6. The Morgan fingerprint density at radius 1 is 1.11 bits per heavy atom. The van der Waals surface area contributed by atoms with Crippen molar-refractivity contribution in [3.63, 3.8) is 0 Å². The second-order valence-electron chi connectivity index (χ2n) is 7.65. The Labute approximate surface area is 172 Å². The van der Waals surface area contributed by atoms with Crippen LogP contribution >= 0.6 is 11.8 Å². The molecule has 1 aromatic heterocycles. The van der Waals surface area contributed by atoms with Gasteiger partial charge >= 0.3 is 0 Å². The van der Waals surface area contributed by atoms with Crippen LogP contribution in [-0.4, -0.2) is 83.6 Å². The molecule has 0 aromatic carbocycles. The lowest BCUT2D eigenvalue weighted by molar-refractivity contribution is -0.133. The van der Waals surface area contributed by atoms with Gasteiger partial charge < -0.3 is 14.7 Å². The Morgan fingerprint density at radius 2 is 1.82 bits per heavy atom.